The van der Waals surface area contributed by atoms with Crippen molar-refractivity contribution in [1.29, 1.82) is 0 Å². The van der Waals surface area contributed by atoms with Crippen LogP contribution in [0.15, 0.2) is 41.3 Å². The molecule has 2 aromatic rings. The van der Waals surface area contributed by atoms with E-state index in [1.54, 1.807) is 23.9 Å². The van der Waals surface area contributed by atoms with Crippen LogP contribution in [0.3, 0.4) is 0 Å². The molecule has 4 heteroatoms. The number of phenols is 2. The Morgan fingerprint density at radius 1 is 1.00 bits per heavy atom. The van der Waals surface area contributed by atoms with Crippen molar-refractivity contribution in [3.8, 4) is 22.6 Å². The van der Waals surface area contributed by atoms with Gasteiger partial charge in [-0.2, -0.15) is 0 Å². The third-order valence-electron chi connectivity index (χ3n) is 4.11. The predicted molar refractivity (Wildman–Crippen MR) is 80.2 cm³/mol. The van der Waals surface area contributed by atoms with Crippen molar-refractivity contribution in [1.82, 2.24) is 4.90 Å². The first kappa shape index (κ1) is 12.1. The molecule has 2 aliphatic heterocycles. The second-order valence-electron chi connectivity index (χ2n) is 5.68. The van der Waals surface area contributed by atoms with Gasteiger partial charge >= 0.3 is 0 Å². The van der Waals surface area contributed by atoms with Crippen LogP contribution in [0.4, 0.5) is 0 Å². The molecule has 0 saturated carbocycles. The molecule has 0 aromatic heterocycles. The highest BCUT2D eigenvalue weighted by Gasteiger charge is 2.47. The van der Waals surface area contributed by atoms with Gasteiger partial charge in [-0.05, 0) is 54.1 Å². The lowest BCUT2D eigenvalue weighted by molar-refractivity contribution is 0.164. The van der Waals surface area contributed by atoms with Crippen LogP contribution < -0.4 is 0 Å². The smallest absolute Gasteiger partial charge is 0.116 e. The number of rotatable bonds is 0. The van der Waals surface area contributed by atoms with Crippen LogP contribution >= 0.6 is 11.8 Å². The van der Waals surface area contributed by atoms with Crippen LogP contribution in [0.5, 0.6) is 11.5 Å². The lowest BCUT2D eigenvalue weighted by Gasteiger charge is -2.51. The number of fused-ring (bicyclic) bond motifs is 4. The molecule has 1 fully saturated rings. The van der Waals surface area contributed by atoms with E-state index in [9.17, 15) is 10.2 Å². The quantitative estimate of drug-likeness (QED) is 0.781. The zero-order valence-electron chi connectivity index (χ0n) is 11.1. The van der Waals surface area contributed by atoms with Gasteiger partial charge in [0, 0.05) is 18.0 Å². The normalized spacial score (nSPS) is 19.2. The van der Waals surface area contributed by atoms with Crippen LogP contribution in [0.1, 0.15) is 5.56 Å². The lowest BCUT2D eigenvalue weighted by Crippen LogP contribution is -2.56. The minimum atomic E-state index is 0.00359. The molecule has 0 aliphatic carbocycles. The second-order valence-corrected chi connectivity index (χ2v) is 7.10. The standard InChI is InChI=1S/C16H15NO2S/c1-17-8-16(9-17)14-6-10(18)2-4-12(14)13-5-3-11(19)7-15(13)20-16/h2-7,18-19H,8-9H2,1H3. The third-order valence-corrected chi connectivity index (χ3v) is 5.53. The molecule has 1 saturated heterocycles. The SMILES string of the molecule is CN1CC2(C1)Sc1cc(O)ccc1-c1ccc(O)cc12. The Morgan fingerprint density at radius 3 is 2.35 bits per heavy atom. The van der Waals surface area contributed by atoms with Gasteiger partial charge in [-0.15, -0.1) is 11.8 Å². The number of aromatic hydroxyl groups is 2. The van der Waals surface area contributed by atoms with E-state index >= 15 is 0 Å². The van der Waals surface area contributed by atoms with E-state index in [0.29, 0.717) is 11.5 Å². The number of hydrogen-bond acceptors (Lipinski definition) is 4. The zero-order valence-corrected chi connectivity index (χ0v) is 11.9. The number of benzene rings is 2. The van der Waals surface area contributed by atoms with Gasteiger partial charge in [0.25, 0.3) is 0 Å². The van der Waals surface area contributed by atoms with Crippen molar-refractivity contribution >= 4 is 11.8 Å². The van der Waals surface area contributed by atoms with Crippen LogP contribution in [-0.2, 0) is 4.75 Å². The van der Waals surface area contributed by atoms with E-state index in [0.717, 1.165) is 23.5 Å². The molecular formula is C16H15NO2S. The summed E-state index contributed by atoms with van der Waals surface area (Å²) in [5, 5.41) is 19.6. The Bertz CT molecular complexity index is 708. The van der Waals surface area contributed by atoms with E-state index in [1.807, 2.05) is 24.3 Å². The molecule has 102 valence electrons. The van der Waals surface area contributed by atoms with E-state index in [1.165, 1.54) is 11.1 Å². The van der Waals surface area contributed by atoms with Gasteiger partial charge in [0.15, 0.2) is 0 Å². The van der Waals surface area contributed by atoms with Gasteiger partial charge in [-0.3, -0.25) is 0 Å². The fourth-order valence-electron chi connectivity index (χ4n) is 3.29. The molecule has 0 unspecified atom stereocenters. The van der Waals surface area contributed by atoms with Gasteiger partial charge < -0.3 is 15.1 Å². The summed E-state index contributed by atoms with van der Waals surface area (Å²) in [6.07, 6.45) is 0. The van der Waals surface area contributed by atoms with Crippen molar-refractivity contribution in [3.05, 3.63) is 42.0 Å². The molecule has 2 N–H and O–H groups in total. The third kappa shape index (κ3) is 1.58. The summed E-state index contributed by atoms with van der Waals surface area (Å²) in [5.74, 6) is 0.627. The van der Waals surface area contributed by atoms with Gasteiger partial charge in [-0.25, -0.2) is 0 Å². The summed E-state index contributed by atoms with van der Waals surface area (Å²) in [7, 11) is 2.10. The van der Waals surface area contributed by atoms with Crippen LogP contribution in [0.2, 0.25) is 0 Å². The maximum absolute atomic E-state index is 9.84. The highest BCUT2D eigenvalue weighted by atomic mass is 32.2. The molecule has 0 bridgehead atoms. The average molecular weight is 285 g/mol. The molecule has 2 heterocycles. The Hall–Kier alpha value is -1.65. The fraction of sp³-hybridized carbons (Fsp3) is 0.250. The minimum absolute atomic E-state index is 0.00359. The van der Waals surface area contributed by atoms with Gasteiger partial charge in [0.1, 0.15) is 11.5 Å². The van der Waals surface area contributed by atoms with E-state index in [4.69, 9.17) is 0 Å². The predicted octanol–water partition coefficient (Wildman–Crippen LogP) is 3.01. The van der Waals surface area contributed by atoms with Crippen LogP contribution in [0.25, 0.3) is 11.1 Å². The maximum Gasteiger partial charge on any atom is 0.116 e. The van der Waals surface area contributed by atoms with Crippen molar-refractivity contribution in [2.24, 2.45) is 0 Å². The van der Waals surface area contributed by atoms with Crippen molar-refractivity contribution in [2.75, 3.05) is 20.1 Å². The topological polar surface area (TPSA) is 43.7 Å². The molecule has 1 spiro atoms. The number of thioether (sulfide) groups is 1. The fourth-order valence-corrected chi connectivity index (χ4v) is 5.03. The summed E-state index contributed by atoms with van der Waals surface area (Å²) in [5.41, 5.74) is 3.52. The Labute approximate surface area is 121 Å². The first-order valence-electron chi connectivity index (χ1n) is 6.62. The largest absolute Gasteiger partial charge is 0.508 e. The molecule has 4 rings (SSSR count). The molecule has 2 aliphatic rings. The molecule has 3 nitrogen and oxygen atoms in total. The second kappa shape index (κ2) is 3.93. The minimum Gasteiger partial charge on any atom is -0.508 e. The zero-order chi connectivity index (χ0) is 13.9. The van der Waals surface area contributed by atoms with Crippen LogP contribution in [0, 0.1) is 0 Å². The Kier molecular flexibility index (Phi) is 2.38. The van der Waals surface area contributed by atoms with Gasteiger partial charge in [-0.1, -0.05) is 6.07 Å². The highest BCUT2D eigenvalue weighted by Crippen LogP contribution is 2.57. The van der Waals surface area contributed by atoms with Crippen LogP contribution in [-0.4, -0.2) is 35.3 Å². The monoisotopic (exact) mass is 285 g/mol. The van der Waals surface area contributed by atoms with Crippen molar-refractivity contribution < 1.29 is 10.2 Å². The van der Waals surface area contributed by atoms with E-state index in [-0.39, 0.29) is 4.75 Å². The lowest BCUT2D eigenvalue weighted by atomic mass is 9.84. The number of phenolic OH excluding ortho intramolecular Hbond substituents is 2. The van der Waals surface area contributed by atoms with Crippen molar-refractivity contribution in [2.45, 2.75) is 9.64 Å². The molecular weight excluding hydrogens is 270 g/mol. The molecule has 0 amide bonds. The molecule has 2 aromatic carbocycles. The number of likely N-dealkylation sites (tertiary alicyclic amines) is 1. The number of hydrogen-bond donors (Lipinski definition) is 2. The first-order chi connectivity index (χ1) is 9.57. The summed E-state index contributed by atoms with van der Waals surface area (Å²) in [4.78, 5) is 3.39. The van der Waals surface area contributed by atoms with Crippen molar-refractivity contribution in [3.63, 3.8) is 0 Å². The van der Waals surface area contributed by atoms with E-state index < -0.39 is 0 Å². The summed E-state index contributed by atoms with van der Waals surface area (Å²) >= 11 is 1.80. The van der Waals surface area contributed by atoms with Gasteiger partial charge in [0.2, 0.25) is 0 Å². The van der Waals surface area contributed by atoms with Gasteiger partial charge in [0.05, 0.1) is 4.75 Å². The Balaban J connectivity index is 1.96. The maximum atomic E-state index is 9.84. The summed E-state index contributed by atoms with van der Waals surface area (Å²) < 4.78 is 0.00359. The number of likely N-dealkylation sites (N-methyl/N-ethyl adjacent to an activating group) is 1. The molecule has 0 atom stereocenters. The Morgan fingerprint density at radius 2 is 1.65 bits per heavy atom. The molecule has 20 heavy (non-hydrogen) atoms. The summed E-state index contributed by atoms with van der Waals surface area (Å²) in [6.45, 7) is 1.92. The first-order valence-corrected chi connectivity index (χ1v) is 7.43. The summed E-state index contributed by atoms with van der Waals surface area (Å²) in [6, 6.07) is 11.1. The highest BCUT2D eigenvalue weighted by molar-refractivity contribution is 8.00. The number of nitrogens with zero attached hydrogens (tertiary/aromatic N) is 1. The molecule has 0 radical (unpaired) electrons. The average Bonchev–Trinajstić information content (AvgIpc) is 2.37. The van der Waals surface area contributed by atoms with E-state index in [2.05, 4.69) is 11.9 Å².